The Labute approximate surface area is 264 Å². The van der Waals surface area contributed by atoms with Crippen molar-refractivity contribution in [2.24, 2.45) is 0 Å². The number of nitrogen functional groups attached to an aromatic ring is 1. The molecule has 0 amide bonds. The number of thiazole rings is 1. The monoisotopic (exact) mass is 744 g/mol. The van der Waals surface area contributed by atoms with Gasteiger partial charge in [0.2, 0.25) is 0 Å². The minimum absolute atomic E-state index is 0.0318. The van der Waals surface area contributed by atoms with Crippen LogP contribution in [0.2, 0.25) is 5.02 Å². The molecular weight excluding hydrogens is 718 g/mol. The van der Waals surface area contributed by atoms with E-state index < -0.39 is 44.8 Å². The number of morpholine rings is 1. The normalized spacial score (nSPS) is 27.5. The summed E-state index contributed by atoms with van der Waals surface area (Å²) in [6.45, 7) is 3.25. The molecule has 4 aliphatic rings. The van der Waals surface area contributed by atoms with Crippen LogP contribution in [-0.4, -0.2) is 81.1 Å². The van der Waals surface area contributed by atoms with Crippen molar-refractivity contribution in [2.75, 3.05) is 48.3 Å². The summed E-state index contributed by atoms with van der Waals surface area (Å²) in [7, 11) is 0. The van der Waals surface area contributed by atoms with Crippen molar-refractivity contribution in [3.8, 4) is 17.1 Å². The predicted molar refractivity (Wildman–Crippen MR) is 155 cm³/mol. The van der Waals surface area contributed by atoms with E-state index in [9.17, 15) is 8.78 Å². The van der Waals surface area contributed by atoms with Crippen molar-refractivity contribution in [2.45, 2.75) is 41.1 Å². The molecule has 0 aliphatic carbocycles. The molecule has 0 radical (unpaired) electrons. The van der Waals surface area contributed by atoms with Crippen molar-refractivity contribution >= 4 is 55.0 Å². The number of hydrogen-bond donors (Lipinski definition) is 2. The van der Waals surface area contributed by atoms with Gasteiger partial charge in [-0.05, 0) is 0 Å². The molecular formula is C28H27ClF3IN7O2S-. The Bertz CT molecular complexity index is 1760. The van der Waals surface area contributed by atoms with Gasteiger partial charge in [-0.2, -0.15) is 0 Å². The maximum absolute atomic E-state index is 16.7. The first kappa shape index (κ1) is 28.2. The predicted octanol–water partition coefficient (Wildman–Crippen LogP) is 1.51. The van der Waals surface area contributed by atoms with Gasteiger partial charge >= 0.3 is 266 Å². The van der Waals surface area contributed by atoms with Crippen molar-refractivity contribution in [3.63, 3.8) is 0 Å². The molecule has 8 rings (SSSR count). The molecule has 2 bridgehead atoms. The van der Waals surface area contributed by atoms with E-state index in [1.54, 1.807) is 6.07 Å². The summed E-state index contributed by atoms with van der Waals surface area (Å²) in [6, 6.07) is 4.52. The van der Waals surface area contributed by atoms with Crippen molar-refractivity contribution < 1.29 is 44.1 Å². The summed E-state index contributed by atoms with van der Waals surface area (Å²) >= 11 is 7.16. The second kappa shape index (κ2) is 10.7. The molecule has 3 N–H and O–H groups in total. The number of hydrogen-bond acceptors (Lipinski definition) is 10. The van der Waals surface area contributed by atoms with E-state index in [1.807, 2.05) is 0 Å². The zero-order valence-corrected chi connectivity index (χ0v) is 26.5. The fourth-order valence-corrected chi connectivity index (χ4v) is 11.1. The van der Waals surface area contributed by atoms with Crippen LogP contribution >= 0.6 is 22.9 Å². The number of anilines is 2. The Hall–Kier alpha value is -2.24. The number of halogens is 5. The van der Waals surface area contributed by atoms with E-state index in [0.717, 1.165) is 30.7 Å². The molecule has 4 aliphatic heterocycles. The molecule has 0 saturated carbocycles. The SMILES string of the molecule is Nc1nc2c(-c3c(Cl)cc4c(N5CC6COCC(N6)[I-]5)nc(OC[C@@]56CCCN5C[C@H](F)C6)nc4c3F)ccc(F)c2s1. The number of nitrogens with two attached hydrogens (primary N) is 1. The van der Waals surface area contributed by atoms with E-state index in [4.69, 9.17) is 31.8 Å². The Morgan fingerprint density at radius 3 is 2.95 bits per heavy atom. The zero-order valence-electron chi connectivity index (χ0n) is 22.8. The second-order valence-corrected chi connectivity index (χ2v) is 16.1. The number of nitrogens with one attached hydrogen (secondary N) is 1. The van der Waals surface area contributed by atoms with Gasteiger partial charge in [0.05, 0.1) is 0 Å². The molecule has 6 heterocycles. The van der Waals surface area contributed by atoms with Crippen LogP contribution in [0.15, 0.2) is 18.2 Å². The second-order valence-electron chi connectivity index (χ2n) is 11.5. The zero-order chi connectivity index (χ0) is 29.5. The molecule has 4 fully saturated rings. The van der Waals surface area contributed by atoms with E-state index >= 15 is 4.39 Å². The van der Waals surface area contributed by atoms with Crippen LogP contribution in [0.3, 0.4) is 0 Å². The Kier molecular flexibility index (Phi) is 7.02. The van der Waals surface area contributed by atoms with Crippen LogP contribution in [0.25, 0.3) is 32.2 Å². The first-order chi connectivity index (χ1) is 20.8. The van der Waals surface area contributed by atoms with Gasteiger partial charge in [0, 0.05) is 0 Å². The van der Waals surface area contributed by atoms with Crippen molar-refractivity contribution in [1.82, 2.24) is 25.2 Å². The molecule has 2 aromatic carbocycles. The Morgan fingerprint density at radius 2 is 2.09 bits per heavy atom. The van der Waals surface area contributed by atoms with Gasteiger partial charge < -0.3 is 0 Å². The standard InChI is InChI=1S/C28H27ClF3IN7O2S/c29-17-6-16-22(21(32)20(17)15-2-3-18(31)24-23(15)36-26(34)43-24)37-27(42-12-28-4-1-5-39(28)8-13(30)7-28)38-25(16)40-9-14-10-41-11-19(33-40)35-14/h2-3,6,13-14,19,35H,1,4-5,7-12H2,(H2,34,36)/q-1/t13-,14?,19?,28+/m1/s1. The first-order valence-electron chi connectivity index (χ1n) is 14.1. The molecule has 2 unspecified atom stereocenters. The maximum atomic E-state index is 16.7. The Balaban J connectivity index is 1.26. The van der Waals surface area contributed by atoms with Crippen LogP contribution in [0, 0.1) is 11.6 Å². The van der Waals surface area contributed by atoms with Crippen LogP contribution in [0.5, 0.6) is 6.01 Å². The average molecular weight is 745 g/mol. The molecule has 15 heteroatoms. The van der Waals surface area contributed by atoms with Gasteiger partial charge in [0.1, 0.15) is 0 Å². The van der Waals surface area contributed by atoms with Gasteiger partial charge in [-0.3, -0.25) is 0 Å². The van der Waals surface area contributed by atoms with E-state index in [-0.39, 0.29) is 54.2 Å². The van der Waals surface area contributed by atoms with Gasteiger partial charge in [-0.1, -0.05) is 0 Å². The number of fused-ring (bicyclic) bond motifs is 5. The van der Waals surface area contributed by atoms with Crippen LogP contribution in [0.4, 0.5) is 24.1 Å². The summed E-state index contributed by atoms with van der Waals surface area (Å²) in [5.41, 5.74) is 6.13. The Morgan fingerprint density at radius 1 is 1.21 bits per heavy atom. The molecule has 4 atom stereocenters. The van der Waals surface area contributed by atoms with Gasteiger partial charge in [0.15, 0.2) is 0 Å². The quantitative estimate of drug-likeness (QED) is 0.137. The average Bonchev–Trinajstić information content (AvgIpc) is 3.64. The van der Waals surface area contributed by atoms with Crippen LogP contribution in [-0.2, 0) is 4.74 Å². The topological polar surface area (TPSA) is 102 Å². The fourth-order valence-electron chi connectivity index (χ4n) is 6.83. The number of ether oxygens (including phenoxy) is 2. The summed E-state index contributed by atoms with van der Waals surface area (Å²) in [5.74, 6) is -0.626. The van der Waals surface area contributed by atoms with Crippen LogP contribution < -0.4 is 40.4 Å². The molecule has 2 aromatic heterocycles. The number of aromatic nitrogens is 3. The third-order valence-electron chi connectivity index (χ3n) is 8.70. The summed E-state index contributed by atoms with van der Waals surface area (Å²) in [6.07, 6.45) is 1.29. The van der Waals surface area contributed by atoms with Gasteiger partial charge in [-0.15, -0.1) is 0 Å². The van der Waals surface area contributed by atoms with Crippen LogP contribution in [0.1, 0.15) is 19.3 Å². The summed E-state index contributed by atoms with van der Waals surface area (Å²) < 4.78 is 60.4. The third kappa shape index (κ3) is 4.79. The molecule has 0 spiro atoms. The summed E-state index contributed by atoms with van der Waals surface area (Å²) in [4.78, 5) is 15.8. The number of benzene rings is 2. The van der Waals surface area contributed by atoms with Crippen molar-refractivity contribution in [1.29, 1.82) is 0 Å². The number of alkyl halides is 2. The number of rotatable bonds is 5. The molecule has 9 nitrogen and oxygen atoms in total. The van der Waals surface area contributed by atoms with E-state index in [0.29, 0.717) is 49.5 Å². The van der Waals surface area contributed by atoms with Gasteiger partial charge in [-0.25, -0.2) is 0 Å². The third-order valence-corrected chi connectivity index (χ3v) is 12.8. The van der Waals surface area contributed by atoms with E-state index in [2.05, 4.69) is 23.3 Å². The van der Waals surface area contributed by atoms with E-state index in [1.165, 1.54) is 12.1 Å². The first-order valence-corrected chi connectivity index (χ1v) is 17.5. The minimum atomic E-state index is -0.904. The molecule has 43 heavy (non-hydrogen) atoms. The molecule has 4 saturated heterocycles. The number of nitrogens with zero attached hydrogens (tertiary/aromatic N) is 5. The fraction of sp³-hybridized carbons (Fsp3) is 0.464. The van der Waals surface area contributed by atoms with Gasteiger partial charge in [0.25, 0.3) is 0 Å². The summed E-state index contributed by atoms with van der Waals surface area (Å²) in [5, 5.41) is 4.35. The van der Waals surface area contributed by atoms with Crippen molar-refractivity contribution in [3.05, 3.63) is 34.9 Å². The molecule has 4 aromatic rings. The molecule has 228 valence electrons.